The average molecular weight is 427 g/mol. The van der Waals surface area contributed by atoms with E-state index in [0.717, 1.165) is 40.1 Å². The Kier molecular flexibility index (Phi) is 5.71. The number of nitrogens with one attached hydrogen (secondary N) is 1. The minimum absolute atomic E-state index is 0.0351. The number of aryl methyl sites for hydroxylation is 2. The summed E-state index contributed by atoms with van der Waals surface area (Å²) in [6, 6.07) is 13.8. The molecule has 3 aromatic rings. The lowest BCUT2D eigenvalue weighted by molar-refractivity contribution is 0.0694. The van der Waals surface area contributed by atoms with Gasteiger partial charge in [0.15, 0.2) is 0 Å². The molecule has 0 bridgehead atoms. The number of sulfonamides is 1. The fraction of sp³-hybridized carbons (Fsp3) is 0.136. The predicted octanol–water partition coefficient (Wildman–Crippen LogP) is 4.18. The molecule has 0 saturated carbocycles. The molecule has 0 spiro atoms. The monoisotopic (exact) mass is 427 g/mol. The van der Waals surface area contributed by atoms with Crippen LogP contribution in [0.4, 0.5) is 5.69 Å². The smallest absolute Gasteiger partial charge is 0.339 e. The molecule has 0 radical (unpaired) electrons. The highest BCUT2D eigenvalue weighted by molar-refractivity contribution is 7.92. The molecule has 0 aliphatic heterocycles. The maximum atomic E-state index is 12.8. The molecule has 0 aliphatic carbocycles. The van der Waals surface area contributed by atoms with Gasteiger partial charge in [0.2, 0.25) is 0 Å². The summed E-state index contributed by atoms with van der Waals surface area (Å²) in [4.78, 5) is 11.0. The number of hydrogen-bond donors (Lipinski definition) is 3. The SMILES string of the molecule is COc1c(C)cc(-c2cccc(S(=O)(=O)Nc3ccc(C(=O)O)c(O)c3)c2)cc1C. The Hall–Kier alpha value is -3.52. The van der Waals surface area contributed by atoms with Gasteiger partial charge in [0, 0.05) is 6.07 Å². The van der Waals surface area contributed by atoms with E-state index in [0.29, 0.717) is 0 Å². The lowest BCUT2D eigenvalue weighted by Crippen LogP contribution is -2.13. The van der Waals surface area contributed by atoms with Gasteiger partial charge in [-0.15, -0.1) is 0 Å². The first-order valence-corrected chi connectivity index (χ1v) is 10.5. The molecular weight excluding hydrogens is 406 g/mol. The quantitative estimate of drug-likeness (QED) is 0.544. The molecule has 3 rings (SSSR count). The number of aromatic hydroxyl groups is 1. The Morgan fingerprint density at radius 1 is 0.967 bits per heavy atom. The van der Waals surface area contributed by atoms with Crippen LogP contribution in [0.25, 0.3) is 11.1 Å². The van der Waals surface area contributed by atoms with Crippen molar-refractivity contribution in [1.82, 2.24) is 0 Å². The summed E-state index contributed by atoms with van der Waals surface area (Å²) in [5, 5.41) is 18.8. The fourth-order valence-electron chi connectivity index (χ4n) is 3.27. The summed E-state index contributed by atoms with van der Waals surface area (Å²) >= 11 is 0. The van der Waals surface area contributed by atoms with E-state index in [4.69, 9.17) is 9.84 Å². The number of anilines is 1. The van der Waals surface area contributed by atoms with Gasteiger partial charge >= 0.3 is 5.97 Å². The summed E-state index contributed by atoms with van der Waals surface area (Å²) in [6.45, 7) is 3.84. The third-order valence-corrected chi connectivity index (χ3v) is 6.00. The molecule has 0 unspecified atom stereocenters. The summed E-state index contributed by atoms with van der Waals surface area (Å²) in [7, 11) is -2.35. The lowest BCUT2D eigenvalue weighted by atomic mass is 10.00. The molecule has 0 heterocycles. The van der Waals surface area contributed by atoms with Gasteiger partial charge in [-0.3, -0.25) is 4.72 Å². The first-order valence-electron chi connectivity index (χ1n) is 8.97. The second kappa shape index (κ2) is 8.08. The van der Waals surface area contributed by atoms with Crippen molar-refractivity contribution in [2.45, 2.75) is 18.7 Å². The predicted molar refractivity (Wildman–Crippen MR) is 114 cm³/mol. The third-order valence-electron chi connectivity index (χ3n) is 4.62. The van der Waals surface area contributed by atoms with Crippen LogP contribution in [0.15, 0.2) is 59.5 Å². The highest BCUT2D eigenvalue weighted by Crippen LogP contribution is 2.31. The Balaban J connectivity index is 1.95. The van der Waals surface area contributed by atoms with E-state index in [1.807, 2.05) is 32.0 Å². The van der Waals surface area contributed by atoms with Crippen molar-refractivity contribution in [3.63, 3.8) is 0 Å². The second-order valence-electron chi connectivity index (χ2n) is 6.81. The van der Waals surface area contributed by atoms with Crippen molar-refractivity contribution in [2.24, 2.45) is 0 Å². The minimum Gasteiger partial charge on any atom is -0.507 e. The number of carboxylic acid groups (broad SMARTS) is 1. The summed E-state index contributed by atoms with van der Waals surface area (Å²) < 4.78 is 33.4. The number of aromatic carboxylic acids is 1. The molecule has 8 heteroatoms. The van der Waals surface area contributed by atoms with Crippen molar-refractivity contribution in [2.75, 3.05) is 11.8 Å². The molecule has 30 heavy (non-hydrogen) atoms. The molecule has 0 fully saturated rings. The first-order chi connectivity index (χ1) is 14.1. The molecule has 0 aliphatic rings. The maximum absolute atomic E-state index is 12.8. The molecule has 3 N–H and O–H groups in total. The average Bonchev–Trinajstić information content (AvgIpc) is 2.67. The van der Waals surface area contributed by atoms with Gasteiger partial charge in [0.1, 0.15) is 17.1 Å². The van der Waals surface area contributed by atoms with Gasteiger partial charge in [0.05, 0.1) is 17.7 Å². The van der Waals surface area contributed by atoms with Crippen molar-refractivity contribution in [1.29, 1.82) is 0 Å². The van der Waals surface area contributed by atoms with E-state index < -0.39 is 21.7 Å². The van der Waals surface area contributed by atoms with Crippen LogP contribution in [0.5, 0.6) is 11.5 Å². The number of rotatable bonds is 6. The van der Waals surface area contributed by atoms with Gasteiger partial charge < -0.3 is 14.9 Å². The van der Waals surface area contributed by atoms with Gasteiger partial charge in [-0.2, -0.15) is 0 Å². The number of methoxy groups -OCH3 is 1. The number of carboxylic acids is 1. The summed E-state index contributed by atoms with van der Waals surface area (Å²) in [5.74, 6) is -1.05. The zero-order valence-electron chi connectivity index (χ0n) is 16.6. The molecular formula is C22H21NO6S. The van der Waals surface area contributed by atoms with Gasteiger partial charge in [-0.05, 0) is 72.5 Å². The van der Waals surface area contributed by atoms with Crippen molar-refractivity contribution >= 4 is 21.7 Å². The molecule has 0 amide bonds. The topological polar surface area (TPSA) is 113 Å². The largest absolute Gasteiger partial charge is 0.507 e. The van der Waals surface area contributed by atoms with E-state index in [9.17, 15) is 18.3 Å². The summed E-state index contributed by atoms with van der Waals surface area (Å²) in [6.07, 6.45) is 0. The Bertz CT molecular complexity index is 1210. The van der Waals surface area contributed by atoms with Crippen LogP contribution in [0.2, 0.25) is 0 Å². The third kappa shape index (κ3) is 4.23. The zero-order chi connectivity index (χ0) is 22.1. The van der Waals surface area contributed by atoms with E-state index >= 15 is 0 Å². The second-order valence-corrected chi connectivity index (χ2v) is 8.50. The first kappa shape index (κ1) is 21.2. The molecule has 156 valence electrons. The number of hydrogen-bond acceptors (Lipinski definition) is 5. The highest BCUT2D eigenvalue weighted by atomic mass is 32.2. The van der Waals surface area contributed by atoms with Crippen LogP contribution in [-0.2, 0) is 10.0 Å². The number of phenols is 1. The molecule has 7 nitrogen and oxygen atoms in total. The van der Waals surface area contributed by atoms with E-state index in [1.54, 1.807) is 19.2 Å². The van der Waals surface area contributed by atoms with E-state index in [2.05, 4.69) is 4.72 Å². The Labute approximate surface area is 174 Å². The van der Waals surface area contributed by atoms with Gasteiger partial charge in [-0.1, -0.05) is 12.1 Å². The molecule has 0 saturated heterocycles. The van der Waals surface area contributed by atoms with Crippen LogP contribution in [0.1, 0.15) is 21.5 Å². The van der Waals surface area contributed by atoms with Crippen LogP contribution in [0, 0.1) is 13.8 Å². The Morgan fingerprint density at radius 2 is 1.63 bits per heavy atom. The van der Waals surface area contributed by atoms with Crippen LogP contribution < -0.4 is 9.46 Å². The number of carbonyl (C=O) groups is 1. The minimum atomic E-state index is -3.96. The van der Waals surface area contributed by atoms with Crippen LogP contribution in [0.3, 0.4) is 0 Å². The standard InChI is InChI=1S/C22H21NO6S/c1-13-9-16(10-14(2)21(13)29-3)15-5-4-6-18(11-15)30(27,28)23-17-7-8-19(22(25)26)20(24)12-17/h4-12,23-24H,1-3H3,(H,25,26). The summed E-state index contributed by atoms with van der Waals surface area (Å²) in [5.41, 5.74) is 3.19. The van der Waals surface area contributed by atoms with Crippen molar-refractivity contribution in [3.8, 4) is 22.6 Å². The van der Waals surface area contributed by atoms with Gasteiger partial charge in [-0.25, -0.2) is 13.2 Å². The molecule has 3 aromatic carbocycles. The molecule has 0 atom stereocenters. The maximum Gasteiger partial charge on any atom is 0.339 e. The number of ether oxygens (including phenoxy) is 1. The lowest BCUT2D eigenvalue weighted by Gasteiger charge is -2.13. The fourth-order valence-corrected chi connectivity index (χ4v) is 4.37. The van der Waals surface area contributed by atoms with Gasteiger partial charge in [0.25, 0.3) is 10.0 Å². The van der Waals surface area contributed by atoms with Crippen molar-refractivity contribution < 1.29 is 28.2 Å². The Morgan fingerprint density at radius 3 is 2.20 bits per heavy atom. The van der Waals surface area contributed by atoms with Crippen LogP contribution >= 0.6 is 0 Å². The van der Waals surface area contributed by atoms with Crippen LogP contribution in [-0.4, -0.2) is 31.7 Å². The van der Waals surface area contributed by atoms with Crippen molar-refractivity contribution in [3.05, 3.63) is 71.3 Å². The number of benzene rings is 3. The highest BCUT2D eigenvalue weighted by Gasteiger charge is 2.17. The van der Waals surface area contributed by atoms with E-state index in [-0.39, 0.29) is 16.1 Å². The molecule has 0 aromatic heterocycles. The van der Waals surface area contributed by atoms with E-state index in [1.165, 1.54) is 12.1 Å². The normalized spacial score (nSPS) is 11.2. The zero-order valence-corrected chi connectivity index (χ0v) is 17.4.